The van der Waals surface area contributed by atoms with Gasteiger partial charge in [0.15, 0.2) is 0 Å². The topological polar surface area (TPSA) is 42.1 Å². The lowest BCUT2D eigenvalue weighted by atomic mass is 9.84. The summed E-state index contributed by atoms with van der Waals surface area (Å²) >= 11 is 0. The van der Waals surface area contributed by atoms with Gasteiger partial charge < -0.3 is 5.73 Å². The van der Waals surface area contributed by atoms with Crippen LogP contribution in [0.3, 0.4) is 0 Å². The number of piperidine rings is 1. The van der Waals surface area contributed by atoms with Crippen molar-refractivity contribution in [1.82, 2.24) is 9.88 Å². The molecule has 0 bridgehead atoms. The van der Waals surface area contributed by atoms with Crippen molar-refractivity contribution >= 4 is 5.82 Å². The van der Waals surface area contributed by atoms with Gasteiger partial charge in [0.25, 0.3) is 0 Å². The van der Waals surface area contributed by atoms with Crippen LogP contribution in [0.1, 0.15) is 32.4 Å². The number of anilines is 1. The van der Waals surface area contributed by atoms with E-state index in [1.54, 1.807) is 0 Å². The summed E-state index contributed by atoms with van der Waals surface area (Å²) in [4.78, 5) is 6.83. The average molecular weight is 219 g/mol. The van der Waals surface area contributed by atoms with Gasteiger partial charge in [-0.2, -0.15) is 0 Å². The zero-order chi connectivity index (χ0) is 11.6. The monoisotopic (exact) mass is 219 g/mol. The molecule has 0 aliphatic carbocycles. The summed E-state index contributed by atoms with van der Waals surface area (Å²) in [7, 11) is 0. The van der Waals surface area contributed by atoms with Crippen molar-refractivity contribution < 1.29 is 0 Å². The van der Waals surface area contributed by atoms with Gasteiger partial charge in [-0.1, -0.05) is 19.9 Å². The van der Waals surface area contributed by atoms with Crippen LogP contribution in [0, 0.1) is 5.41 Å². The first-order chi connectivity index (χ1) is 7.55. The highest BCUT2D eigenvalue weighted by Crippen LogP contribution is 2.28. The van der Waals surface area contributed by atoms with E-state index < -0.39 is 0 Å². The van der Waals surface area contributed by atoms with Crippen LogP contribution < -0.4 is 5.73 Å². The Morgan fingerprint density at radius 1 is 1.44 bits per heavy atom. The predicted octanol–water partition coefficient (Wildman–Crippen LogP) is 2.29. The van der Waals surface area contributed by atoms with Crippen molar-refractivity contribution in [3.8, 4) is 0 Å². The van der Waals surface area contributed by atoms with Crippen LogP contribution >= 0.6 is 0 Å². The molecule has 88 valence electrons. The highest BCUT2D eigenvalue weighted by molar-refractivity contribution is 5.28. The highest BCUT2D eigenvalue weighted by Gasteiger charge is 2.26. The van der Waals surface area contributed by atoms with Gasteiger partial charge in [0, 0.05) is 13.1 Å². The first-order valence-corrected chi connectivity index (χ1v) is 5.99. The summed E-state index contributed by atoms with van der Waals surface area (Å²) in [6, 6.07) is 5.87. The summed E-state index contributed by atoms with van der Waals surface area (Å²) < 4.78 is 0. The van der Waals surface area contributed by atoms with E-state index in [1.807, 2.05) is 12.1 Å². The number of nitrogens with two attached hydrogens (primary N) is 1. The van der Waals surface area contributed by atoms with Crippen molar-refractivity contribution in [1.29, 1.82) is 0 Å². The number of hydrogen-bond acceptors (Lipinski definition) is 3. The Labute approximate surface area is 97.7 Å². The van der Waals surface area contributed by atoms with Crippen LogP contribution in [0.2, 0.25) is 0 Å². The normalized spacial score (nSPS) is 20.9. The van der Waals surface area contributed by atoms with E-state index in [-0.39, 0.29) is 0 Å². The van der Waals surface area contributed by atoms with E-state index in [2.05, 4.69) is 29.8 Å². The molecule has 16 heavy (non-hydrogen) atoms. The van der Waals surface area contributed by atoms with E-state index in [0.29, 0.717) is 11.2 Å². The van der Waals surface area contributed by atoms with Crippen molar-refractivity contribution in [2.24, 2.45) is 5.41 Å². The van der Waals surface area contributed by atoms with Crippen molar-refractivity contribution in [3.63, 3.8) is 0 Å². The molecule has 1 fully saturated rings. The molecule has 2 rings (SSSR count). The highest BCUT2D eigenvalue weighted by atomic mass is 15.1. The minimum atomic E-state index is 0.443. The molecule has 0 aromatic carbocycles. The number of nitrogen functional groups attached to an aromatic ring is 1. The van der Waals surface area contributed by atoms with Crippen LogP contribution in [0.25, 0.3) is 0 Å². The minimum Gasteiger partial charge on any atom is -0.384 e. The van der Waals surface area contributed by atoms with Gasteiger partial charge in [-0.05, 0) is 36.9 Å². The Morgan fingerprint density at radius 3 is 2.94 bits per heavy atom. The predicted molar refractivity (Wildman–Crippen MR) is 66.9 cm³/mol. The zero-order valence-electron chi connectivity index (χ0n) is 10.2. The maximum Gasteiger partial charge on any atom is 0.123 e. The molecular formula is C13H21N3. The van der Waals surface area contributed by atoms with Crippen LogP contribution in [-0.2, 0) is 6.54 Å². The number of pyridine rings is 1. The quantitative estimate of drug-likeness (QED) is 0.829. The number of hydrogen-bond donors (Lipinski definition) is 1. The fraction of sp³-hybridized carbons (Fsp3) is 0.615. The van der Waals surface area contributed by atoms with E-state index >= 15 is 0 Å². The molecule has 0 saturated carbocycles. The maximum absolute atomic E-state index is 5.69. The Kier molecular flexibility index (Phi) is 3.15. The van der Waals surface area contributed by atoms with Gasteiger partial charge in [-0.25, -0.2) is 4.98 Å². The third-order valence-corrected chi connectivity index (χ3v) is 3.19. The maximum atomic E-state index is 5.69. The molecule has 0 radical (unpaired) electrons. The van der Waals surface area contributed by atoms with Gasteiger partial charge in [-0.3, -0.25) is 4.90 Å². The minimum absolute atomic E-state index is 0.443. The van der Waals surface area contributed by atoms with E-state index in [0.717, 1.165) is 18.8 Å². The Bertz CT molecular complexity index is 360. The molecule has 2 N–H and O–H groups in total. The number of likely N-dealkylation sites (tertiary alicyclic amines) is 1. The van der Waals surface area contributed by atoms with Crippen LogP contribution in [0.4, 0.5) is 5.82 Å². The molecule has 1 saturated heterocycles. The van der Waals surface area contributed by atoms with E-state index in [4.69, 9.17) is 5.73 Å². The van der Waals surface area contributed by atoms with Gasteiger partial charge in [0.1, 0.15) is 5.82 Å². The Balaban J connectivity index is 1.99. The summed E-state index contributed by atoms with van der Waals surface area (Å²) in [6.45, 7) is 7.94. The SMILES string of the molecule is CC1(C)CCCN(Cc2cccc(N)n2)C1. The standard InChI is InChI=1S/C13H21N3/c1-13(2)7-4-8-16(10-13)9-11-5-3-6-12(14)15-11/h3,5-6H,4,7-10H2,1-2H3,(H2,14,15). The molecule has 1 aromatic heterocycles. The molecule has 3 nitrogen and oxygen atoms in total. The lowest BCUT2D eigenvalue weighted by Gasteiger charge is -2.37. The number of rotatable bonds is 2. The molecular weight excluding hydrogens is 198 g/mol. The third kappa shape index (κ3) is 2.95. The van der Waals surface area contributed by atoms with Crippen molar-refractivity contribution in [3.05, 3.63) is 23.9 Å². The summed E-state index contributed by atoms with van der Waals surface area (Å²) in [5, 5.41) is 0. The molecule has 1 aliphatic rings. The second-order valence-electron chi connectivity index (χ2n) is 5.53. The van der Waals surface area contributed by atoms with Crippen molar-refractivity contribution in [2.45, 2.75) is 33.2 Å². The van der Waals surface area contributed by atoms with Gasteiger partial charge in [0.05, 0.1) is 5.69 Å². The number of nitrogens with zero attached hydrogens (tertiary/aromatic N) is 2. The van der Waals surface area contributed by atoms with Gasteiger partial charge in [0.2, 0.25) is 0 Å². The molecule has 2 heterocycles. The smallest absolute Gasteiger partial charge is 0.123 e. The number of aromatic nitrogens is 1. The molecule has 0 spiro atoms. The Hall–Kier alpha value is -1.09. The fourth-order valence-electron chi connectivity index (χ4n) is 2.49. The second kappa shape index (κ2) is 4.42. The summed E-state index contributed by atoms with van der Waals surface area (Å²) in [5.41, 5.74) is 7.21. The molecule has 0 unspecified atom stereocenters. The first kappa shape index (κ1) is 11.4. The average Bonchev–Trinajstić information content (AvgIpc) is 2.15. The van der Waals surface area contributed by atoms with Gasteiger partial charge >= 0.3 is 0 Å². The largest absolute Gasteiger partial charge is 0.384 e. The Morgan fingerprint density at radius 2 is 2.25 bits per heavy atom. The zero-order valence-corrected chi connectivity index (χ0v) is 10.2. The molecule has 3 heteroatoms. The van der Waals surface area contributed by atoms with E-state index in [1.165, 1.54) is 19.4 Å². The third-order valence-electron chi connectivity index (χ3n) is 3.19. The van der Waals surface area contributed by atoms with Crippen molar-refractivity contribution in [2.75, 3.05) is 18.8 Å². The van der Waals surface area contributed by atoms with Crippen LogP contribution in [-0.4, -0.2) is 23.0 Å². The lowest BCUT2D eigenvalue weighted by molar-refractivity contribution is 0.110. The van der Waals surface area contributed by atoms with E-state index in [9.17, 15) is 0 Å². The molecule has 0 amide bonds. The fourth-order valence-corrected chi connectivity index (χ4v) is 2.49. The summed E-state index contributed by atoms with van der Waals surface area (Å²) in [5.74, 6) is 0.619. The van der Waals surface area contributed by atoms with Crippen LogP contribution in [0.15, 0.2) is 18.2 Å². The van der Waals surface area contributed by atoms with Gasteiger partial charge in [-0.15, -0.1) is 0 Å². The lowest BCUT2D eigenvalue weighted by Crippen LogP contribution is -2.39. The molecule has 0 atom stereocenters. The molecule has 1 aliphatic heterocycles. The summed E-state index contributed by atoms with van der Waals surface area (Å²) in [6.07, 6.45) is 2.61. The van der Waals surface area contributed by atoms with Crippen LogP contribution in [0.5, 0.6) is 0 Å². The molecule has 1 aromatic rings. The second-order valence-corrected chi connectivity index (χ2v) is 5.53. The first-order valence-electron chi connectivity index (χ1n) is 5.99.